The van der Waals surface area contributed by atoms with Gasteiger partial charge in [-0.05, 0) is 0 Å². The number of aromatic amines is 1. The number of H-pyrrole nitrogens is 1. The number of hydrogen-bond donors (Lipinski definition) is 1. The Morgan fingerprint density at radius 2 is 2.50 bits per heavy atom. The monoisotopic (exact) mass is 130 g/mol. The third-order valence-corrected chi connectivity index (χ3v) is 0.951. The largest absolute Gasteiger partial charge is 0.348 e. The van der Waals surface area contributed by atoms with Gasteiger partial charge in [0.1, 0.15) is 0 Å². The Bertz CT molecular complexity index is 231. The molecule has 1 rings (SSSR count). The molecule has 4 heteroatoms. The van der Waals surface area contributed by atoms with Crippen molar-refractivity contribution >= 4 is 12.2 Å². The Kier molecular flexibility index (Phi) is 1.34. The third-order valence-electron chi connectivity index (χ3n) is 0.664. The average Bonchev–Trinajstić information content (AvgIpc) is 1.77. The van der Waals surface area contributed by atoms with Gasteiger partial charge in [-0.1, -0.05) is 12.2 Å². The molecule has 1 aromatic heterocycles. The zero-order valence-corrected chi connectivity index (χ0v) is 4.70. The fourth-order valence-corrected chi connectivity index (χ4v) is 0.455. The fourth-order valence-electron chi connectivity index (χ4n) is 0.334. The van der Waals surface area contributed by atoms with Gasteiger partial charge in [-0.25, -0.2) is 4.98 Å². The van der Waals surface area contributed by atoms with E-state index in [-0.39, 0.29) is 4.64 Å². The highest BCUT2D eigenvalue weighted by Gasteiger charge is 1.86. The van der Waals surface area contributed by atoms with Gasteiger partial charge in [-0.3, -0.25) is 0 Å². The van der Waals surface area contributed by atoms with Crippen molar-refractivity contribution in [3.05, 3.63) is 23.0 Å². The summed E-state index contributed by atoms with van der Waals surface area (Å²) < 4.78 is 12.1. The van der Waals surface area contributed by atoms with Crippen LogP contribution >= 0.6 is 12.2 Å². The summed E-state index contributed by atoms with van der Waals surface area (Å²) in [5.74, 6) is -0.623. The molecule has 0 spiro atoms. The molecule has 0 atom stereocenters. The van der Waals surface area contributed by atoms with Crippen LogP contribution in [0.2, 0.25) is 0 Å². The molecule has 0 unspecified atom stereocenters. The van der Waals surface area contributed by atoms with E-state index < -0.39 is 5.95 Å². The van der Waals surface area contributed by atoms with E-state index in [0.717, 1.165) is 0 Å². The first kappa shape index (κ1) is 5.37. The third kappa shape index (κ3) is 0.894. The fraction of sp³-hybridized carbons (Fsp3) is 0. The number of halogens is 1. The predicted octanol–water partition coefficient (Wildman–Crippen LogP) is 1.28. The maximum Gasteiger partial charge on any atom is 0.247 e. The molecule has 0 bridgehead atoms. The predicted molar refractivity (Wildman–Crippen MR) is 29.4 cm³/mol. The van der Waals surface area contributed by atoms with Crippen molar-refractivity contribution in [2.45, 2.75) is 0 Å². The van der Waals surface area contributed by atoms with E-state index in [1.54, 1.807) is 0 Å². The smallest absolute Gasteiger partial charge is 0.247 e. The number of nitrogens with zero attached hydrogens (tertiary/aromatic N) is 1. The van der Waals surface area contributed by atoms with Gasteiger partial charge in [-0.15, -0.1) is 0 Å². The Balaban J connectivity index is 3.35. The second kappa shape index (κ2) is 2.00. The molecule has 1 aromatic rings. The van der Waals surface area contributed by atoms with E-state index in [1.165, 1.54) is 12.4 Å². The molecular weight excluding hydrogens is 127 g/mol. The number of aromatic nitrogens is 2. The van der Waals surface area contributed by atoms with E-state index in [9.17, 15) is 4.39 Å². The van der Waals surface area contributed by atoms with Crippen LogP contribution in [-0.4, -0.2) is 9.97 Å². The minimum atomic E-state index is -0.623. The summed E-state index contributed by atoms with van der Waals surface area (Å²) in [6, 6.07) is 0. The summed E-state index contributed by atoms with van der Waals surface area (Å²) in [5.41, 5.74) is 0. The van der Waals surface area contributed by atoms with Crippen LogP contribution in [0, 0.1) is 10.6 Å². The van der Waals surface area contributed by atoms with Crippen LogP contribution in [0.25, 0.3) is 0 Å². The van der Waals surface area contributed by atoms with E-state index in [4.69, 9.17) is 0 Å². The van der Waals surface area contributed by atoms with E-state index in [2.05, 4.69) is 22.2 Å². The van der Waals surface area contributed by atoms with Crippen LogP contribution in [0.5, 0.6) is 0 Å². The molecule has 42 valence electrons. The highest BCUT2D eigenvalue weighted by Crippen LogP contribution is 1.88. The molecule has 0 radical (unpaired) electrons. The molecule has 0 aliphatic rings. The van der Waals surface area contributed by atoms with Crippen molar-refractivity contribution in [3.63, 3.8) is 0 Å². The molecule has 8 heavy (non-hydrogen) atoms. The van der Waals surface area contributed by atoms with E-state index in [1.807, 2.05) is 0 Å². The number of hydrogen-bond acceptors (Lipinski definition) is 2. The second-order valence-electron chi connectivity index (χ2n) is 1.21. The Hall–Kier alpha value is -0.770. The first-order chi connectivity index (χ1) is 3.80. The molecule has 0 saturated carbocycles. The molecule has 0 aliphatic carbocycles. The SMILES string of the molecule is Fc1ncc[nH]c1=S. The van der Waals surface area contributed by atoms with Gasteiger partial charge in [0, 0.05) is 12.4 Å². The van der Waals surface area contributed by atoms with E-state index >= 15 is 0 Å². The molecule has 0 aliphatic heterocycles. The molecule has 0 fully saturated rings. The number of rotatable bonds is 0. The van der Waals surface area contributed by atoms with Crippen molar-refractivity contribution in [2.24, 2.45) is 0 Å². The highest BCUT2D eigenvalue weighted by atomic mass is 32.1. The van der Waals surface area contributed by atoms with Crippen molar-refractivity contribution in [3.8, 4) is 0 Å². The lowest BCUT2D eigenvalue weighted by Gasteiger charge is -1.82. The minimum absolute atomic E-state index is 0.0486. The van der Waals surface area contributed by atoms with Crippen LogP contribution in [-0.2, 0) is 0 Å². The standard InChI is InChI=1S/C4H3FN2S/c5-3-4(8)7-2-1-6-3/h1-2H,(H,7,8). The average molecular weight is 130 g/mol. The van der Waals surface area contributed by atoms with Crippen LogP contribution < -0.4 is 0 Å². The summed E-state index contributed by atoms with van der Waals surface area (Å²) >= 11 is 4.46. The van der Waals surface area contributed by atoms with Gasteiger partial charge >= 0.3 is 0 Å². The van der Waals surface area contributed by atoms with Gasteiger partial charge in [-0.2, -0.15) is 4.39 Å². The molecule has 0 saturated heterocycles. The van der Waals surface area contributed by atoms with Gasteiger partial charge in [0.15, 0.2) is 4.64 Å². The van der Waals surface area contributed by atoms with Crippen molar-refractivity contribution in [2.75, 3.05) is 0 Å². The van der Waals surface area contributed by atoms with Crippen molar-refractivity contribution in [1.82, 2.24) is 9.97 Å². The Morgan fingerprint density at radius 3 is 2.88 bits per heavy atom. The zero-order chi connectivity index (χ0) is 5.98. The van der Waals surface area contributed by atoms with Gasteiger partial charge < -0.3 is 4.98 Å². The summed E-state index contributed by atoms with van der Waals surface area (Å²) in [4.78, 5) is 5.75. The number of nitrogens with one attached hydrogen (secondary N) is 1. The topological polar surface area (TPSA) is 28.7 Å². The Morgan fingerprint density at radius 1 is 1.75 bits per heavy atom. The second-order valence-corrected chi connectivity index (χ2v) is 1.62. The maximum absolute atomic E-state index is 12.1. The molecular formula is C4H3FN2S. The lowest BCUT2D eigenvalue weighted by Crippen LogP contribution is -1.83. The quantitative estimate of drug-likeness (QED) is 0.536. The van der Waals surface area contributed by atoms with Crippen LogP contribution in [0.15, 0.2) is 12.4 Å². The van der Waals surface area contributed by atoms with Gasteiger partial charge in [0.25, 0.3) is 0 Å². The lowest BCUT2D eigenvalue weighted by molar-refractivity contribution is 0.571. The van der Waals surface area contributed by atoms with Crippen LogP contribution in [0.4, 0.5) is 4.39 Å². The molecule has 0 aromatic carbocycles. The highest BCUT2D eigenvalue weighted by molar-refractivity contribution is 7.71. The van der Waals surface area contributed by atoms with Crippen molar-refractivity contribution < 1.29 is 4.39 Å². The van der Waals surface area contributed by atoms with Crippen molar-refractivity contribution in [1.29, 1.82) is 0 Å². The Labute approximate surface area is 50.4 Å². The lowest BCUT2D eigenvalue weighted by atomic mass is 10.7. The van der Waals surface area contributed by atoms with Gasteiger partial charge in [0.2, 0.25) is 5.95 Å². The summed E-state index contributed by atoms with van der Waals surface area (Å²) in [5, 5.41) is 0. The summed E-state index contributed by atoms with van der Waals surface area (Å²) in [7, 11) is 0. The van der Waals surface area contributed by atoms with Crippen LogP contribution in [0.1, 0.15) is 0 Å². The summed E-state index contributed by atoms with van der Waals surface area (Å²) in [6.45, 7) is 0. The van der Waals surface area contributed by atoms with Crippen LogP contribution in [0.3, 0.4) is 0 Å². The normalized spacial score (nSPS) is 9.12. The van der Waals surface area contributed by atoms with E-state index in [0.29, 0.717) is 0 Å². The molecule has 2 nitrogen and oxygen atoms in total. The molecule has 1 N–H and O–H groups in total. The molecule has 1 heterocycles. The van der Waals surface area contributed by atoms with Gasteiger partial charge in [0.05, 0.1) is 0 Å². The minimum Gasteiger partial charge on any atom is -0.348 e. The first-order valence-corrected chi connectivity index (χ1v) is 2.41. The first-order valence-electron chi connectivity index (χ1n) is 2.00. The zero-order valence-electron chi connectivity index (χ0n) is 3.89. The maximum atomic E-state index is 12.1. The summed E-state index contributed by atoms with van der Waals surface area (Å²) in [6.07, 6.45) is 2.79. The molecule has 0 amide bonds.